The van der Waals surface area contributed by atoms with E-state index in [-0.39, 0.29) is 47.5 Å². The van der Waals surface area contributed by atoms with E-state index in [0.717, 1.165) is 0 Å². The predicted molar refractivity (Wildman–Crippen MR) is 93.1 cm³/mol. The lowest BCUT2D eigenvalue weighted by Gasteiger charge is -2.36. The van der Waals surface area contributed by atoms with Crippen LogP contribution < -0.4 is 5.73 Å². The van der Waals surface area contributed by atoms with E-state index in [1.54, 1.807) is 12.1 Å². The van der Waals surface area contributed by atoms with Gasteiger partial charge in [0.25, 0.3) is 5.91 Å². The summed E-state index contributed by atoms with van der Waals surface area (Å²) in [6.45, 7) is 4.29. The second-order valence-electron chi connectivity index (χ2n) is 5.49. The molecule has 0 radical (unpaired) electrons. The number of carbonyl (C=O) groups is 2. The third-order valence-electron chi connectivity index (χ3n) is 4.01. The highest BCUT2D eigenvalue weighted by atomic mass is 35.5. The predicted octanol–water partition coefficient (Wildman–Crippen LogP) is 2.70. The molecule has 1 aromatic carbocycles. The van der Waals surface area contributed by atoms with Crippen molar-refractivity contribution in [3.05, 3.63) is 34.3 Å². The number of carboxylic acids is 1. The van der Waals surface area contributed by atoms with Crippen molar-refractivity contribution in [3.8, 4) is 0 Å². The first-order chi connectivity index (χ1) is 10.7. The Bertz CT molecular complexity index is 686. The van der Waals surface area contributed by atoms with E-state index in [0.29, 0.717) is 10.5 Å². The summed E-state index contributed by atoms with van der Waals surface area (Å²) in [6.07, 6.45) is 0.372. The fourth-order valence-corrected chi connectivity index (χ4v) is 3.10. The molecule has 0 unspecified atom stereocenters. The van der Waals surface area contributed by atoms with Gasteiger partial charge in [0, 0.05) is 29.1 Å². The Hall–Kier alpha value is -1.21. The number of carbonyl (C=O) groups excluding carboxylic acids is 1. The molecule has 0 saturated carbocycles. The molecular weight excluding hydrogens is 359 g/mol. The number of hydrogen-bond donors (Lipinski definition) is 3. The number of piperidine rings is 1. The zero-order chi connectivity index (χ0) is 17.4. The smallest absolute Gasteiger partial charge is 0.323 e. The number of nitrogens with two attached hydrogens (primary N) is 1. The second-order valence-corrected chi connectivity index (χ2v) is 6.73. The van der Waals surface area contributed by atoms with Gasteiger partial charge < -0.3 is 15.7 Å². The molecule has 1 saturated heterocycles. The number of thiol groups is 1. The summed E-state index contributed by atoms with van der Waals surface area (Å²) in [7, 11) is 0. The summed E-state index contributed by atoms with van der Waals surface area (Å²) in [5, 5.41) is 9.59. The van der Waals surface area contributed by atoms with Crippen molar-refractivity contribution < 1.29 is 14.7 Å². The maximum absolute atomic E-state index is 12.5. The fourth-order valence-electron chi connectivity index (χ4n) is 2.40. The third kappa shape index (κ3) is 3.50. The first-order valence-electron chi connectivity index (χ1n) is 6.85. The molecule has 1 aromatic rings. The Balaban J connectivity index is 2.15. The monoisotopic (exact) mass is 374 g/mol. The van der Waals surface area contributed by atoms with Gasteiger partial charge in [0.05, 0.1) is 10.0 Å². The highest BCUT2D eigenvalue weighted by Gasteiger charge is 2.39. The van der Waals surface area contributed by atoms with Crippen LogP contribution in [0.4, 0.5) is 0 Å². The van der Waals surface area contributed by atoms with Crippen molar-refractivity contribution in [3.63, 3.8) is 0 Å². The van der Waals surface area contributed by atoms with Crippen molar-refractivity contribution in [1.29, 1.82) is 0 Å². The molecule has 0 bridgehead atoms. The number of carboxylic acid groups (broad SMARTS) is 1. The SMILES string of the molecule is C=C(C(=O)N1CCC(N)(C(=O)O)CC1)c1ccc(S)c(Cl)c1Cl. The lowest BCUT2D eigenvalue weighted by Crippen LogP contribution is -2.56. The molecule has 5 nitrogen and oxygen atoms in total. The Morgan fingerprint density at radius 3 is 2.35 bits per heavy atom. The largest absolute Gasteiger partial charge is 0.480 e. The van der Waals surface area contributed by atoms with Crippen LogP contribution in [0.1, 0.15) is 18.4 Å². The fraction of sp³-hybridized carbons (Fsp3) is 0.333. The van der Waals surface area contributed by atoms with Gasteiger partial charge in [0.15, 0.2) is 0 Å². The Morgan fingerprint density at radius 1 is 1.26 bits per heavy atom. The van der Waals surface area contributed by atoms with Crippen LogP contribution in [-0.4, -0.2) is 40.5 Å². The minimum absolute atomic E-state index is 0.186. The standard InChI is InChI=1S/C15H16Cl2N2O3S/c1-8(9-2-3-10(23)12(17)11(9)16)13(20)19-6-4-15(18,5-7-19)14(21)22/h2-3,23H,1,4-7,18H2,(H,21,22). The lowest BCUT2D eigenvalue weighted by molar-refractivity contribution is -0.146. The van der Waals surface area contributed by atoms with Crippen LogP contribution in [0, 0.1) is 0 Å². The van der Waals surface area contributed by atoms with E-state index in [9.17, 15) is 9.59 Å². The zero-order valence-electron chi connectivity index (χ0n) is 12.2. The lowest BCUT2D eigenvalue weighted by atomic mass is 9.88. The maximum Gasteiger partial charge on any atom is 0.323 e. The topological polar surface area (TPSA) is 83.6 Å². The van der Waals surface area contributed by atoms with Crippen molar-refractivity contribution >= 4 is 53.3 Å². The number of aliphatic carboxylic acids is 1. The first-order valence-corrected chi connectivity index (χ1v) is 8.05. The highest BCUT2D eigenvalue weighted by Crippen LogP contribution is 2.35. The van der Waals surface area contributed by atoms with Crippen LogP contribution >= 0.6 is 35.8 Å². The molecule has 1 aliphatic heterocycles. The Morgan fingerprint density at radius 2 is 1.83 bits per heavy atom. The quantitative estimate of drug-likeness (QED) is 0.560. The number of halogens is 2. The number of hydrogen-bond acceptors (Lipinski definition) is 4. The van der Waals surface area contributed by atoms with E-state index >= 15 is 0 Å². The van der Waals surface area contributed by atoms with Gasteiger partial charge in [0.2, 0.25) is 0 Å². The Kier molecular flexibility index (Phi) is 5.30. The van der Waals surface area contributed by atoms with Gasteiger partial charge in [-0.1, -0.05) is 35.8 Å². The van der Waals surface area contributed by atoms with Gasteiger partial charge in [-0.2, -0.15) is 0 Å². The molecule has 23 heavy (non-hydrogen) atoms. The number of likely N-dealkylation sites (tertiary alicyclic amines) is 1. The Labute approximate surface area is 149 Å². The minimum Gasteiger partial charge on any atom is -0.480 e. The summed E-state index contributed by atoms with van der Waals surface area (Å²) in [6, 6.07) is 3.27. The first kappa shape index (κ1) is 18.1. The van der Waals surface area contributed by atoms with Gasteiger partial charge in [-0.15, -0.1) is 12.6 Å². The third-order valence-corrected chi connectivity index (χ3v) is 5.40. The van der Waals surface area contributed by atoms with Crippen LogP contribution in [0.2, 0.25) is 10.0 Å². The zero-order valence-corrected chi connectivity index (χ0v) is 14.6. The minimum atomic E-state index is -1.28. The van der Waals surface area contributed by atoms with E-state index in [1.807, 2.05) is 0 Å². The van der Waals surface area contributed by atoms with Crippen molar-refractivity contribution in [2.75, 3.05) is 13.1 Å². The summed E-state index contributed by atoms with van der Waals surface area (Å²) in [4.78, 5) is 25.7. The molecule has 1 aliphatic rings. The molecule has 8 heteroatoms. The molecule has 0 spiro atoms. The van der Waals surface area contributed by atoms with Gasteiger partial charge in [0.1, 0.15) is 5.54 Å². The van der Waals surface area contributed by atoms with Crippen LogP contribution in [0.3, 0.4) is 0 Å². The summed E-state index contributed by atoms with van der Waals surface area (Å²) in [5.41, 5.74) is 5.15. The number of benzene rings is 1. The van der Waals surface area contributed by atoms with Crippen LogP contribution in [0.15, 0.2) is 23.6 Å². The number of nitrogens with zero attached hydrogens (tertiary/aromatic N) is 1. The van der Waals surface area contributed by atoms with Crippen LogP contribution in [0.5, 0.6) is 0 Å². The number of amides is 1. The van der Waals surface area contributed by atoms with E-state index in [4.69, 9.17) is 34.0 Å². The molecule has 0 atom stereocenters. The molecule has 0 aromatic heterocycles. The molecule has 124 valence electrons. The molecule has 1 heterocycles. The van der Waals surface area contributed by atoms with Gasteiger partial charge >= 0.3 is 5.97 Å². The van der Waals surface area contributed by atoms with Gasteiger partial charge in [-0.05, 0) is 18.9 Å². The van der Waals surface area contributed by atoms with E-state index in [1.165, 1.54) is 4.90 Å². The second kappa shape index (κ2) is 6.73. The average molecular weight is 375 g/mol. The normalized spacial score (nSPS) is 17.0. The van der Waals surface area contributed by atoms with Crippen molar-refractivity contribution in [2.24, 2.45) is 5.73 Å². The van der Waals surface area contributed by atoms with Crippen LogP contribution in [-0.2, 0) is 9.59 Å². The summed E-state index contributed by atoms with van der Waals surface area (Å²) in [5.74, 6) is -1.37. The van der Waals surface area contributed by atoms with Gasteiger partial charge in [-0.25, -0.2) is 0 Å². The molecular formula is C15H16Cl2N2O3S. The molecule has 1 fully saturated rings. The van der Waals surface area contributed by atoms with Gasteiger partial charge in [-0.3, -0.25) is 9.59 Å². The van der Waals surface area contributed by atoms with E-state index in [2.05, 4.69) is 19.2 Å². The van der Waals surface area contributed by atoms with Crippen LogP contribution in [0.25, 0.3) is 5.57 Å². The molecule has 2 rings (SSSR count). The molecule has 0 aliphatic carbocycles. The maximum atomic E-state index is 12.5. The van der Waals surface area contributed by atoms with E-state index < -0.39 is 11.5 Å². The van der Waals surface area contributed by atoms with Crippen molar-refractivity contribution in [2.45, 2.75) is 23.3 Å². The molecule has 3 N–H and O–H groups in total. The molecule has 1 amide bonds. The summed E-state index contributed by atoms with van der Waals surface area (Å²) < 4.78 is 0. The highest BCUT2D eigenvalue weighted by molar-refractivity contribution is 7.80. The van der Waals surface area contributed by atoms with Crippen molar-refractivity contribution in [1.82, 2.24) is 4.90 Å². The number of rotatable bonds is 3. The average Bonchev–Trinajstić information content (AvgIpc) is 2.52. The summed E-state index contributed by atoms with van der Waals surface area (Å²) >= 11 is 16.4.